The molecule has 1 amide bonds. The second kappa shape index (κ2) is 5.45. The number of rotatable bonds is 1. The van der Waals surface area contributed by atoms with E-state index in [0.29, 0.717) is 5.11 Å². The average molecular weight is 322 g/mol. The van der Waals surface area contributed by atoms with Gasteiger partial charge in [0.05, 0.1) is 38.6 Å². The SMILES string of the molecule is C[NH+]1CCN(C(=S)NC(=O)C23CC4CC(CC(C4)C2)C3)CC1. The molecule has 5 fully saturated rings. The van der Waals surface area contributed by atoms with Crippen molar-refractivity contribution >= 4 is 23.2 Å². The van der Waals surface area contributed by atoms with Gasteiger partial charge in [0.25, 0.3) is 0 Å². The van der Waals surface area contributed by atoms with Crippen LogP contribution in [-0.2, 0) is 4.79 Å². The minimum absolute atomic E-state index is 0.0867. The number of hydrogen-bond acceptors (Lipinski definition) is 2. The van der Waals surface area contributed by atoms with Crippen LogP contribution in [0.15, 0.2) is 0 Å². The number of amides is 1. The fourth-order valence-electron chi connectivity index (χ4n) is 5.79. The highest BCUT2D eigenvalue weighted by molar-refractivity contribution is 7.80. The highest BCUT2D eigenvalue weighted by atomic mass is 32.1. The fourth-order valence-corrected chi connectivity index (χ4v) is 6.06. The van der Waals surface area contributed by atoms with Gasteiger partial charge in [-0.15, -0.1) is 0 Å². The van der Waals surface area contributed by atoms with E-state index in [1.54, 1.807) is 4.90 Å². The summed E-state index contributed by atoms with van der Waals surface area (Å²) in [6.45, 7) is 4.14. The zero-order valence-corrected chi connectivity index (χ0v) is 14.4. The summed E-state index contributed by atoms with van der Waals surface area (Å²) in [4.78, 5) is 16.7. The largest absolute Gasteiger partial charge is 0.338 e. The molecule has 4 nitrogen and oxygen atoms in total. The van der Waals surface area contributed by atoms with Crippen LogP contribution < -0.4 is 10.2 Å². The third-order valence-electron chi connectivity index (χ3n) is 6.64. The van der Waals surface area contributed by atoms with Gasteiger partial charge in [-0.25, -0.2) is 0 Å². The van der Waals surface area contributed by atoms with Crippen molar-refractivity contribution in [2.45, 2.75) is 38.5 Å². The van der Waals surface area contributed by atoms with Crippen molar-refractivity contribution in [3.05, 3.63) is 0 Å². The highest BCUT2D eigenvalue weighted by Gasteiger charge is 2.54. The van der Waals surface area contributed by atoms with E-state index in [1.165, 1.54) is 19.3 Å². The Kier molecular flexibility index (Phi) is 3.68. The molecule has 0 aromatic carbocycles. The van der Waals surface area contributed by atoms with E-state index in [1.807, 2.05) is 0 Å². The maximum Gasteiger partial charge on any atom is 0.232 e. The summed E-state index contributed by atoms with van der Waals surface area (Å²) in [5.41, 5.74) is -0.0867. The van der Waals surface area contributed by atoms with Crippen LogP contribution >= 0.6 is 12.2 Å². The minimum Gasteiger partial charge on any atom is -0.338 e. The molecule has 2 N–H and O–H groups in total. The van der Waals surface area contributed by atoms with Gasteiger partial charge in [-0.05, 0) is 68.5 Å². The summed E-state index contributed by atoms with van der Waals surface area (Å²) in [5, 5.41) is 3.80. The number of piperazine rings is 1. The number of nitrogens with one attached hydrogen (secondary N) is 2. The van der Waals surface area contributed by atoms with Crippen LogP contribution in [0, 0.1) is 23.2 Å². The smallest absolute Gasteiger partial charge is 0.232 e. The molecule has 4 saturated carbocycles. The standard InChI is InChI=1S/C17H27N3OS/c1-19-2-4-20(5-3-19)16(22)18-15(21)17-9-12-6-13(10-17)8-14(7-12)11-17/h12-14H,2-11H2,1H3,(H,18,21,22)/p+1. The molecule has 4 bridgehead atoms. The van der Waals surface area contributed by atoms with Crippen LogP contribution in [0.3, 0.4) is 0 Å². The molecule has 0 aromatic rings. The summed E-state index contributed by atoms with van der Waals surface area (Å²) in [6, 6.07) is 0. The van der Waals surface area contributed by atoms with E-state index >= 15 is 0 Å². The Bertz CT molecular complexity index is 449. The Labute approximate surface area is 138 Å². The lowest BCUT2D eigenvalue weighted by atomic mass is 9.49. The fraction of sp³-hybridized carbons (Fsp3) is 0.882. The van der Waals surface area contributed by atoms with Crippen molar-refractivity contribution in [2.24, 2.45) is 23.2 Å². The molecule has 1 aliphatic heterocycles. The first-order valence-corrected chi connectivity index (χ1v) is 9.36. The van der Waals surface area contributed by atoms with Crippen molar-refractivity contribution in [3.8, 4) is 0 Å². The van der Waals surface area contributed by atoms with Gasteiger partial charge in [0, 0.05) is 0 Å². The number of thiocarbonyl (C=S) groups is 1. The molecule has 1 saturated heterocycles. The first kappa shape index (κ1) is 14.9. The van der Waals surface area contributed by atoms with E-state index in [-0.39, 0.29) is 11.3 Å². The molecule has 0 radical (unpaired) electrons. The lowest BCUT2D eigenvalue weighted by molar-refractivity contribution is -0.883. The third-order valence-corrected chi connectivity index (χ3v) is 7.00. The zero-order chi connectivity index (χ0) is 15.3. The molecule has 1 heterocycles. The molecule has 0 atom stereocenters. The van der Waals surface area contributed by atoms with Crippen LogP contribution in [0.1, 0.15) is 38.5 Å². The maximum absolute atomic E-state index is 13.0. The van der Waals surface area contributed by atoms with Gasteiger partial charge in [0.15, 0.2) is 5.11 Å². The van der Waals surface area contributed by atoms with Crippen LogP contribution in [0.4, 0.5) is 0 Å². The molecule has 5 heteroatoms. The molecular weight excluding hydrogens is 294 g/mol. The molecule has 5 rings (SSSR count). The quantitative estimate of drug-likeness (QED) is 0.688. The van der Waals surface area contributed by atoms with Crippen molar-refractivity contribution < 1.29 is 9.69 Å². The lowest BCUT2D eigenvalue weighted by Gasteiger charge is -2.55. The number of quaternary nitrogens is 1. The monoisotopic (exact) mass is 322 g/mol. The lowest BCUT2D eigenvalue weighted by Crippen LogP contribution is -3.12. The number of hydrogen-bond donors (Lipinski definition) is 2. The Morgan fingerprint density at radius 1 is 1.09 bits per heavy atom. The third kappa shape index (κ3) is 2.56. The van der Waals surface area contributed by atoms with E-state index in [2.05, 4.69) is 17.3 Å². The molecular formula is C17H28N3OS+. The van der Waals surface area contributed by atoms with E-state index < -0.39 is 0 Å². The minimum atomic E-state index is -0.0867. The van der Waals surface area contributed by atoms with Gasteiger partial charge in [-0.1, -0.05) is 0 Å². The topological polar surface area (TPSA) is 36.8 Å². The Hall–Kier alpha value is -0.680. The molecule has 122 valence electrons. The van der Waals surface area contributed by atoms with Crippen LogP contribution in [-0.4, -0.2) is 49.1 Å². The van der Waals surface area contributed by atoms with Crippen molar-refractivity contribution in [1.82, 2.24) is 10.2 Å². The second-order valence-corrected chi connectivity index (χ2v) is 8.79. The average Bonchev–Trinajstić information content (AvgIpc) is 2.46. The van der Waals surface area contributed by atoms with Gasteiger partial charge in [0.1, 0.15) is 0 Å². The van der Waals surface area contributed by atoms with Crippen molar-refractivity contribution in [2.75, 3.05) is 33.2 Å². The van der Waals surface area contributed by atoms with Crippen molar-refractivity contribution in [1.29, 1.82) is 0 Å². The van der Waals surface area contributed by atoms with E-state index in [0.717, 1.165) is 63.2 Å². The summed E-state index contributed by atoms with van der Waals surface area (Å²) in [7, 11) is 2.22. The maximum atomic E-state index is 13.0. The molecule has 4 aliphatic carbocycles. The summed E-state index contributed by atoms with van der Waals surface area (Å²) < 4.78 is 0. The first-order chi connectivity index (χ1) is 10.5. The summed E-state index contributed by atoms with van der Waals surface area (Å²) >= 11 is 5.53. The Morgan fingerprint density at radius 3 is 2.09 bits per heavy atom. The predicted molar refractivity (Wildman–Crippen MR) is 89.5 cm³/mol. The number of carbonyl (C=O) groups is 1. The normalized spacial score (nSPS) is 40.8. The molecule has 0 unspecified atom stereocenters. The molecule has 22 heavy (non-hydrogen) atoms. The number of carbonyl (C=O) groups excluding carboxylic acids is 1. The predicted octanol–water partition coefficient (Wildman–Crippen LogP) is 0.434. The highest BCUT2D eigenvalue weighted by Crippen LogP contribution is 2.60. The number of likely N-dealkylation sites (N-methyl/N-ethyl adjacent to an activating group) is 1. The van der Waals surface area contributed by atoms with Gasteiger partial charge in [-0.2, -0.15) is 0 Å². The Morgan fingerprint density at radius 2 is 1.59 bits per heavy atom. The zero-order valence-electron chi connectivity index (χ0n) is 13.6. The van der Waals surface area contributed by atoms with E-state index in [4.69, 9.17) is 12.2 Å². The summed E-state index contributed by atoms with van der Waals surface area (Å²) in [5.74, 6) is 2.65. The second-order valence-electron chi connectivity index (χ2n) is 8.40. The summed E-state index contributed by atoms with van der Waals surface area (Å²) in [6.07, 6.45) is 7.45. The first-order valence-electron chi connectivity index (χ1n) is 8.96. The molecule has 0 spiro atoms. The number of nitrogens with zero attached hydrogens (tertiary/aromatic N) is 1. The van der Waals surface area contributed by atoms with Crippen molar-refractivity contribution in [3.63, 3.8) is 0 Å². The van der Waals surface area contributed by atoms with Gasteiger partial charge in [0.2, 0.25) is 5.91 Å². The van der Waals surface area contributed by atoms with Crippen LogP contribution in [0.2, 0.25) is 0 Å². The van der Waals surface area contributed by atoms with E-state index in [9.17, 15) is 4.79 Å². The van der Waals surface area contributed by atoms with Gasteiger partial charge in [-0.3, -0.25) is 4.79 Å². The molecule has 0 aromatic heterocycles. The van der Waals surface area contributed by atoms with Crippen LogP contribution in [0.5, 0.6) is 0 Å². The Balaban J connectivity index is 1.41. The van der Waals surface area contributed by atoms with Crippen LogP contribution in [0.25, 0.3) is 0 Å². The van der Waals surface area contributed by atoms with Gasteiger partial charge < -0.3 is 15.1 Å². The van der Waals surface area contributed by atoms with Gasteiger partial charge >= 0.3 is 0 Å². The molecule has 5 aliphatic rings.